The summed E-state index contributed by atoms with van der Waals surface area (Å²) in [4.78, 5) is 7.30. The predicted molar refractivity (Wildman–Crippen MR) is 184 cm³/mol. The molecule has 0 saturated heterocycles. The summed E-state index contributed by atoms with van der Waals surface area (Å²) >= 11 is 0. The van der Waals surface area contributed by atoms with E-state index in [2.05, 4.69) is 116 Å². The van der Waals surface area contributed by atoms with Crippen molar-refractivity contribution in [3.8, 4) is 33.6 Å². The predicted octanol–water partition coefficient (Wildman–Crippen LogP) is 7.35. The third-order valence-corrected chi connectivity index (χ3v) is 8.49. The van der Waals surface area contributed by atoms with E-state index >= 15 is 0 Å². The highest BCUT2D eigenvalue weighted by Crippen LogP contribution is 2.22. The molecule has 7 rings (SSSR count). The standard InChI is InChI=1S/C42H32N6/c1-43-39-11-5-7-13-41(39)47-27-19-35(20-28-47)33-15-23-45(24-16-33)31-37-9-3-4-10-38(37)32-46-25-17-34(18-26-46)36-21-29-48(30-22-36)42-14-8-6-12-40(42)44-2/h3-30H,31-32H2/q+4. The summed E-state index contributed by atoms with van der Waals surface area (Å²) in [5, 5.41) is 0. The molecule has 3 aromatic carbocycles. The van der Waals surface area contributed by atoms with Gasteiger partial charge in [0.25, 0.3) is 11.4 Å². The molecule has 226 valence electrons. The van der Waals surface area contributed by atoms with Crippen LogP contribution in [0, 0.1) is 13.1 Å². The smallest absolute Gasteiger partial charge is 0.231 e. The number of nitrogens with zero attached hydrogens (tertiary/aromatic N) is 6. The molecule has 0 saturated carbocycles. The van der Waals surface area contributed by atoms with Gasteiger partial charge in [-0.25, -0.2) is 18.8 Å². The van der Waals surface area contributed by atoms with Gasteiger partial charge >= 0.3 is 0 Å². The lowest BCUT2D eigenvalue weighted by Gasteiger charge is -2.06. The quantitative estimate of drug-likeness (QED) is 0.125. The maximum absolute atomic E-state index is 7.46. The average Bonchev–Trinajstić information content (AvgIpc) is 3.16. The summed E-state index contributed by atoms with van der Waals surface area (Å²) < 4.78 is 8.39. The first kappa shape index (κ1) is 29.9. The van der Waals surface area contributed by atoms with Crippen molar-refractivity contribution in [1.82, 2.24) is 0 Å². The third kappa shape index (κ3) is 6.46. The molecule has 48 heavy (non-hydrogen) atoms. The Labute approximate surface area is 280 Å². The van der Waals surface area contributed by atoms with E-state index in [0.29, 0.717) is 11.4 Å². The van der Waals surface area contributed by atoms with Crippen molar-refractivity contribution in [2.75, 3.05) is 0 Å². The number of benzene rings is 3. The van der Waals surface area contributed by atoms with Crippen molar-refractivity contribution in [3.63, 3.8) is 0 Å². The van der Waals surface area contributed by atoms with Crippen molar-refractivity contribution < 1.29 is 18.3 Å². The maximum atomic E-state index is 7.46. The molecule has 0 spiro atoms. The average molecular weight is 621 g/mol. The maximum Gasteiger partial charge on any atom is 0.256 e. The fourth-order valence-corrected chi connectivity index (χ4v) is 5.88. The van der Waals surface area contributed by atoms with Crippen LogP contribution in [0.25, 0.3) is 43.3 Å². The van der Waals surface area contributed by atoms with E-state index in [1.807, 2.05) is 82.5 Å². The number of pyridine rings is 4. The minimum absolute atomic E-state index is 0.633. The van der Waals surface area contributed by atoms with Crippen molar-refractivity contribution in [3.05, 3.63) is 205 Å². The largest absolute Gasteiger partial charge is 0.256 e. The highest BCUT2D eigenvalue weighted by Gasteiger charge is 2.16. The lowest BCUT2D eigenvalue weighted by Crippen LogP contribution is -2.36. The van der Waals surface area contributed by atoms with Crippen molar-refractivity contribution >= 4 is 11.4 Å². The van der Waals surface area contributed by atoms with E-state index in [4.69, 9.17) is 13.1 Å². The zero-order valence-corrected chi connectivity index (χ0v) is 26.3. The van der Waals surface area contributed by atoms with Gasteiger partial charge in [0.1, 0.15) is 0 Å². The normalized spacial score (nSPS) is 10.6. The topological polar surface area (TPSA) is 24.2 Å². The molecule has 0 aliphatic rings. The zero-order valence-electron chi connectivity index (χ0n) is 26.3. The minimum atomic E-state index is 0.633. The van der Waals surface area contributed by atoms with Crippen LogP contribution in [0.15, 0.2) is 171 Å². The molecule has 0 bridgehead atoms. The molecule has 0 unspecified atom stereocenters. The van der Waals surface area contributed by atoms with E-state index in [0.717, 1.165) is 46.7 Å². The number of para-hydroxylation sites is 4. The van der Waals surface area contributed by atoms with Gasteiger partial charge in [-0.2, -0.15) is 9.13 Å². The van der Waals surface area contributed by atoms with Crippen LogP contribution in [0.5, 0.6) is 0 Å². The summed E-state index contributed by atoms with van der Waals surface area (Å²) in [6.07, 6.45) is 16.6. The SMILES string of the molecule is [C-]#[N+]c1ccccc1-[n+]1ccc(-c2cc[n+](Cc3ccccc3C[n+]3ccc(-c4cc[n+](-c5ccccc5[N+]#[C-])cc4)cc3)cc2)cc1. The van der Waals surface area contributed by atoms with Crippen LogP contribution in [-0.2, 0) is 13.1 Å². The van der Waals surface area contributed by atoms with E-state index in [9.17, 15) is 0 Å². The molecule has 7 aromatic rings. The minimum Gasteiger partial charge on any atom is -0.231 e. The molecule has 0 aliphatic heterocycles. The number of aromatic nitrogens is 4. The molecular weight excluding hydrogens is 589 g/mol. The van der Waals surface area contributed by atoms with Gasteiger partial charge in [0.15, 0.2) is 62.7 Å². The molecule has 0 fully saturated rings. The van der Waals surface area contributed by atoms with E-state index in [-0.39, 0.29) is 0 Å². The van der Waals surface area contributed by atoms with Gasteiger partial charge in [-0.1, -0.05) is 48.5 Å². The zero-order chi connectivity index (χ0) is 32.7. The first-order valence-electron chi connectivity index (χ1n) is 15.7. The Morgan fingerprint density at radius 3 is 1.04 bits per heavy atom. The molecule has 4 aromatic heterocycles. The Morgan fingerprint density at radius 2 is 0.688 bits per heavy atom. The highest BCUT2D eigenvalue weighted by molar-refractivity contribution is 5.63. The van der Waals surface area contributed by atoms with Crippen LogP contribution < -0.4 is 18.3 Å². The first-order valence-corrected chi connectivity index (χ1v) is 15.7. The van der Waals surface area contributed by atoms with Crippen LogP contribution in [-0.4, -0.2) is 0 Å². The third-order valence-electron chi connectivity index (χ3n) is 8.49. The summed E-state index contributed by atoms with van der Waals surface area (Å²) in [6.45, 7) is 16.5. The van der Waals surface area contributed by atoms with Gasteiger partial charge in [-0.15, -0.1) is 0 Å². The molecule has 6 nitrogen and oxygen atoms in total. The second-order valence-corrected chi connectivity index (χ2v) is 11.5. The first-order chi connectivity index (χ1) is 23.7. The summed E-state index contributed by atoms with van der Waals surface area (Å²) in [7, 11) is 0. The van der Waals surface area contributed by atoms with Crippen LogP contribution in [0.4, 0.5) is 11.4 Å². The van der Waals surface area contributed by atoms with Crippen LogP contribution in [0.1, 0.15) is 11.1 Å². The van der Waals surface area contributed by atoms with Crippen LogP contribution in [0.2, 0.25) is 0 Å². The Bertz CT molecular complexity index is 2110. The van der Waals surface area contributed by atoms with Gasteiger partial charge in [-0.3, -0.25) is 0 Å². The second-order valence-electron chi connectivity index (χ2n) is 11.5. The fraction of sp³-hybridized carbons (Fsp3) is 0.0476. The highest BCUT2D eigenvalue weighted by atomic mass is 15.0. The van der Waals surface area contributed by atoms with Gasteiger partial charge in [-0.05, 0) is 46.5 Å². The number of hydrogen-bond acceptors (Lipinski definition) is 0. The second kappa shape index (κ2) is 13.7. The summed E-state index contributed by atoms with van der Waals surface area (Å²) in [5.41, 5.74) is 10.1. The molecule has 0 amide bonds. The van der Waals surface area contributed by atoms with Crippen LogP contribution in [0.3, 0.4) is 0 Å². The lowest BCUT2D eigenvalue weighted by molar-refractivity contribution is -0.693. The molecule has 0 atom stereocenters. The van der Waals surface area contributed by atoms with Crippen LogP contribution >= 0.6 is 0 Å². The van der Waals surface area contributed by atoms with Crippen molar-refractivity contribution in [2.24, 2.45) is 0 Å². The van der Waals surface area contributed by atoms with E-state index < -0.39 is 0 Å². The van der Waals surface area contributed by atoms with Gasteiger partial charge in [0, 0.05) is 59.7 Å². The summed E-state index contributed by atoms with van der Waals surface area (Å²) in [5.74, 6) is 0. The molecule has 4 heterocycles. The molecule has 0 radical (unpaired) electrons. The van der Waals surface area contributed by atoms with E-state index in [1.165, 1.54) is 11.1 Å². The fourth-order valence-electron chi connectivity index (χ4n) is 5.88. The Kier molecular flexibility index (Phi) is 8.54. The Morgan fingerprint density at radius 1 is 0.375 bits per heavy atom. The van der Waals surface area contributed by atoms with E-state index in [1.54, 1.807) is 0 Å². The lowest BCUT2D eigenvalue weighted by atomic mass is 10.1. The number of hydrogen-bond donors (Lipinski definition) is 0. The van der Waals surface area contributed by atoms with Gasteiger partial charge < -0.3 is 0 Å². The molecule has 6 heteroatoms. The van der Waals surface area contributed by atoms with Gasteiger partial charge in [0.05, 0.1) is 13.1 Å². The van der Waals surface area contributed by atoms with Crippen molar-refractivity contribution in [2.45, 2.75) is 13.1 Å². The Balaban J connectivity index is 1.02. The molecule has 0 N–H and O–H groups in total. The molecule has 0 aliphatic carbocycles. The van der Waals surface area contributed by atoms with Crippen molar-refractivity contribution in [1.29, 1.82) is 0 Å². The summed E-state index contributed by atoms with van der Waals surface area (Å²) in [6, 6.07) is 40.8. The Hall–Kier alpha value is -6.76. The van der Waals surface area contributed by atoms with Gasteiger partial charge in [0.2, 0.25) is 11.4 Å². The number of rotatable bonds is 8. The monoisotopic (exact) mass is 620 g/mol. The molecular formula is C42H32N6+4.